The monoisotopic (exact) mass is 411 g/mol. The lowest BCUT2D eigenvalue weighted by atomic mass is 10.1. The van der Waals surface area contributed by atoms with E-state index in [9.17, 15) is 4.79 Å². The van der Waals surface area contributed by atoms with Crippen LogP contribution in [0.4, 0.5) is 0 Å². The zero-order valence-electron chi connectivity index (χ0n) is 15.9. The van der Waals surface area contributed by atoms with Crippen molar-refractivity contribution in [1.29, 1.82) is 5.26 Å². The van der Waals surface area contributed by atoms with E-state index < -0.39 is 0 Å². The number of aromatic nitrogens is 2. The van der Waals surface area contributed by atoms with Gasteiger partial charge in [-0.3, -0.25) is 4.79 Å². The molecule has 0 bridgehead atoms. The number of nitrogens with zero attached hydrogens (tertiary/aromatic N) is 3. The minimum Gasteiger partial charge on any atom is -0.333 e. The molecule has 0 aliphatic rings. The highest BCUT2D eigenvalue weighted by atomic mass is 32.2. The van der Waals surface area contributed by atoms with Crippen molar-refractivity contribution in [1.82, 2.24) is 15.4 Å². The van der Waals surface area contributed by atoms with Gasteiger partial charge in [0.1, 0.15) is 0 Å². The molecule has 1 amide bonds. The standard InChI is InChI=1S/C23H17N5OS/c24-13-16-5-7-17(8-6-16)14-25-28-22(29)19-11-9-18(10-12-19)15-30-23-26-20-3-1-2-4-21(20)27-23/h1-12,14H,15H2,(H,26,27)(H,28,29)/b25-14+. The minimum absolute atomic E-state index is 0.281. The van der Waals surface area contributed by atoms with E-state index >= 15 is 0 Å². The molecule has 0 atom stereocenters. The number of nitrogens with one attached hydrogen (secondary N) is 2. The molecule has 0 fully saturated rings. The van der Waals surface area contributed by atoms with Crippen LogP contribution in [-0.2, 0) is 5.75 Å². The van der Waals surface area contributed by atoms with Gasteiger partial charge in [-0.15, -0.1) is 0 Å². The maximum absolute atomic E-state index is 12.2. The number of carbonyl (C=O) groups is 1. The predicted molar refractivity (Wildman–Crippen MR) is 118 cm³/mol. The molecule has 3 aromatic carbocycles. The normalized spacial score (nSPS) is 10.9. The summed E-state index contributed by atoms with van der Waals surface area (Å²) in [5, 5.41) is 13.6. The zero-order chi connectivity index (χ0) is 20.8. The Morgan fingerprint density at radius 3 is 2.60 bits per heavy atom. The summed E-state index contributed by atoms with van der Waals surface area (Å²) >= 11 is 1.62. The quantitative estimate of drug-likeness (QED) is 0.278. The lowest BCUT2D eigenvalue weighted by molar-refractivity contribution is 0.0955. The number of para-hydroxylation sites is 2. The number of carbonyl (C=O) groups excluding carboxylic acids is 1. The number of aromatic amines is 1. The first-order valence-corrected chi connectivity index (χ1v) is 10.2. The van der Waals surface area contributed by atoms with Gasteiger partial charge in [0.25, 0.3) is 5.91 Å². The van der Waals surface area contributed by atoms with Gasteiger partial charge in [0.15, 0.2) is 5.16 Å². The molecule has 146 valence electrons. The summed E-state index contributed by atoms with van der Waals surface area (Å²) in [5.74, 6) is 0.467. The second-order valence-corrected chi connectivity index (χ2v) is 7.44. The van der Waals surface area contributed by atoms with Crippen molar-refractivity contribution in [2.45, 2.75) is 10.9 Å². The highest BCUT2D eigenvalue weighted by molar-refractivity contribution is 7.98. The fourth-order valence-electron chi connectivity index (χ4n) is 2.78. The summed E-state index contributed by atoms with van der Waals surface area (Å²) in [7, 11) is 0. The van der Waals surface area contributed by atoms with Gasteiger partial charge < -0.3 is 4.98 Å². The average molecular weight is 411 g/mol. The number of thioether (sulfide) groups is 1. The van der Waals surface area contributed by atoms with Crippen molar-refractivity contribution in [3.8, 4) is 6.07 Å². The van der Waals surface area contributed by atoms with Gasteiger partial charge >= 0.3 is 0 Å². The third-order valence-corrected chi connectivity index (χ3v) is 5.32. The van der Waals surface area contributed by atoms with Gasteiger partial charge in [-0.25, -0.2) is 10.4 Å². The predicted octanol–water partition coefficient (Wildman–Crippen LogP) is 4.49. The summed E-state index contributed by atoms with van der Waals surface area (Å²) in [4.78, 5) is 20.1. The first-order chi connectivity index (χ1) is 14.7. The highest BCUT2D eigenvalue weighted by Gasteiger charge is 2.06. The number of imidazole rings is 1. The molecule has 4 aromatic rings. The largest absolute Gasteiger partial charge is 0.333 e. The molecule has 7 heteroatoms. The number of rotatable bonds is 6. The third-order valence-electron chi connectivity index (χ3n) is 4.38. The smallest absolute Gasteiger partial charge is 0.271 e. The minimum atomic E-state index is -0.281. The summed E-state index contributed by atoms with van der Waals surface area (Å²) in [6.45, 7) is 0. The Labute approximate surface area is 177 Å². The zero-order valence-corrected chi connectivity index (χ0v) is 16.7. The highest BCUT2D eigenvalue weighted by Crippen LogP contribution is 2.23. The van der Waals surface area contributed by atoms with E-state index in [1.54, 1.807) is 48.2 Å². The number of H-pyrrole nitrogens is 1. The summed E-state index contributed by atoms with van der Waals surface area (Å²) in [6.07, 6.45) is 1.54. The Morgan fingerprint density at radius 1 is 1.10 bits per heavy atom. The number of nitriles is 1. The number of amides is 1. The van der Waals surface area contributed by atoms with E-state index in [2.05, 4.69) is 26.6 Å². The van der Waals surface area contributed by atoms with Crippen molar-refractivity contribution in [2.24, 2.45) is 5.10 Å². The van der Waals surface area contributed by atoms with E-state index in [4.69, 9.17) is 5.26 Å². The van der Waals surface area contributed by atoms with Crippen molar-refractivity contribution in [3.05, 3.63) is 95.1 Å². The van der Waals surface area contributed by atoms with E-state index in [0.717, 1.165) is 33.1 Å². The molecule has 0 aliphatic carbocycles. The van der Waals surface area contributed by atoms with E-state index in [0.29, 0.717) is 11.1 Å². The second-order valence-electron chi connectivity index (χ2n) is 6.48. The van der Waals surface area contributed by atoms with E-state index in [-0.39, 0.29) is 5.91 Å². The van der Waals surface area contributed by atoms with Crippen LogP contribution in [0.2, 0.25) is 0 Å². The van der Waals surface area contributed by atoms with Crippen LogP contribution >= 0.6 is 11.8 Å². The topological polar surface area (TPSA) is 93.9 Å². The molecule has 1 heterocycles. The molecule has 30 heavy (non-hydrogen) atoms. The molecule has 0 aliphatic heterocycles. The number of hydrogen-bond donors (Lipinski definition) is 2. The van der Waals surface area contributed by atoms with Crippen molar-refractivity contribution >= 4 is 34.9 Å². The lowest BCUT2D eigenvalue weighted by Gasteiger charge is -2.03. The van der Waals surface area contributed by atoms with Gasteiger partial charge in [-0.05, 0) is 47.5 Å². The van der Waals surface area contributed by atoms with E-state index in [1.807, 2.05) is 36.4 Å². The summed E-state index contributed by atoms with van der Waals surface area (Å²) < 4.78 is 0. The van der Waals surface area contributed by atoms with E-state index in [1.165, 1.54) is 6.21 Å². The first kappa shape index (κ1) is 19.4. The van der Waals surface area contributed by atoms with Crippen LogP contribution in [0.25, 0.3) is 11.0 Å². The maximum atomic E-state index is 12.2. The molecule has 0 saturated heterocycles. The molecule has 0 saturated carbocycles. The van der Waals surface area contributed by atoms with Gasteiger partial charge in [0, 0.05) is 11.3 Å². The molecule has 0 unspecified atom stereocenters. The van der Waals surface area contributed by atoms with Crippen LogP contribution in [0.5, 0.6) is 0 Å². The molecular weight excluding hydrogens is 394 g/mol. The van der Waals surface area contributed by atoms with Crippen LogP contribution in [0.3, 0.4) is 0 Å². The second kappa shape index (κ2) is 9.07. The van der Waals surface area contributed by atoms with Crippen LogP contribution < -0.4 is 5.43 Å². The molecule has 0 radical (unpaired) electrons. The molecule has 0 spiro atoms. The van der Waals surface area contributed by atoms with Crippen molar-refractivity contribution in [3.63, 3.8) is 0 Å². The Balaban J connectivity index is 1.31. The average Bonchev–Trinajstić information content (AvgIpc) is 3.21. The maximum Gasteiger partial charge on any atom is 0.271 e. The number of benzene rings is 3. The van der Waals surface area contributed by atoms with Gasteiger partial charge in [-0.2, -0.15) is 10.4 Å². The van der Waals surface area contributed by atoms with Gasteiger partial charge in [0.05, 0.1) is 28.9 Å². The molecular formula is C23H17N5OS. The third kappa shape index (κ3) is 4.74. The molecule has 1 aromatic heterocycles. The Morgan fingerprint density at radius 2 is 1.87 bits per heavy atom. The summed E-state index contributed by atoms with van der Waals surface area (Å²) in [6, 6.07) is 24.3. The Kier molecular flexibility index (Phi) is 5.88. The fourth-order valence-corrected chi connectivity index (χ4v) is 3.62. The van der Waals surface area contributed by atoms with Gasteiger partial charge in [0.2, 0.25) is 0 Å². The number of hydrazone groups is 1. The molecule has 2 N–H and O–H groups in total. The van der Waals surface area contributed by atoms with Crippen LogP contribution in [0, 0.1) is 11.3 Å². The Hall–Kier alpha value is -3.89. The van der Waals surface area contributed by atoms with Crippen molar-refractivity contribution < 1.29 is 4.79 Å². The first-order valence-electron chi connectivity index (χ1n) is 9.21. The fraction of sp³-hybridized carbons (Fsp3) is 0.0435. The number of hydrogen-bond acceptors (Lipinski definition) is 5. The molecule has 6 nitrogen and oxygen atoms in total. The Bertz CT molecular complexity index is 1200. The van der Waals surface area contributed by atoms with Crippen LogP contribution in [0.15, 0.2) is 83.1 Å². The lowest BCUT2D eigenvalue weighted by Crippen LogP contribution is -2.17. The van der Waals surface area contributed by atoms with Crippen molar-refractivity contribution in [2.75, 3.05) is 0 Å². The summed E-state index contributed by atoms with van der Waals surface area (Å²) in [5.41, 5.74) is 7.49. The van der Waals surface area contributed by atoms with Crippen LogP contribution in [-0.4, -0.2) is 22.1 Å². The van der Waals surface area contributed by atoms with Crippen LogP contribution in [0.1, 0.15) is 27.0 Å². The SMILES string of the molecule is N#Cc1ccc(/C=N/NC(=O)c2ccc(CSc3nc4ccccc4[nH]3)cc2)cc1. The van der Waals surface area contributed by atoms with Gasteiger partial charge in [-0.1, -0.05) is 48.2 Å². The number of fused-ring (bicyclic) bond motifs is 1. The molecule has 4 rings (SSSR count).